The predicted octanol–water partition coefficient (Wildman–Crippen LogP) is 9.86. The molecule has 3 aromatic rings. The highest BCUT2D eigenvalue weighted by atomic mass is 35.5. The molecule has 3 aliphatic heterocycles. The summed E-state index contributed by atoms with van der Waals surface area (Å²) in [5.41, 5.74) is 5.60. The molecule has 5 aliphatic rings. The van der Waals surface area contributed by atoms with E-state index in [2.05, 4.69) is 38.6 Å². The zero-order chi connectivity index (χ0) is 45.3. The fraction of sp³-hybridized carbons (Fsp3) is 0.529. The normalized spacial score (nSPS) is 25.7. The number of unbranched alkanes of at least 4 members (excludes halogenated alkanes) is 2. The van der Waals surface area contributed by atoms with Gasteiger partial charge in [0.2, 0.25) is 18.9 Å². The van der Waals surface area contributed by atoms with E-state index in [1.807, 2.05) is 42.5 Å². The molecule has 0 aromatic heterocycles. The highest BCUT2D eigenvalue weighted by molar-refractivity contribution is 6.18. The van der Waals surface area contributed by atoms with E-state index in [4.69, 9.17) is 54.8 Å². The monoisotopic (exact) mass is 914 g/mol. The van der Waals surface area contributed by atoms with Gasteiger partial charge in [-0.2, -0.15) is 0 Å². The quantitative estimate of drug-likeness (QED) is 0.0483. The van der Waals surface area contributed by atoms with E-state index < -0.39 is 30.1 Å². The molecule has 8 rings (SSSR count). The minimum atomic E-state index is -1.50. The van der Waals surface area contributed by atoms with Crippen molar-refractivity contribution in [3.05, 3.63) is 101 Å². The lowest BCUT2D eigenvalue weighted by Crippen LogP contribution is -2.70. The Morgan fingerprint density at radius 2 is 1.74 bits per heavy atom. The second kappa shape index (κ2) is 21.7. The third kappa shape index (κ3) is 10.3. The maximum Gasteiger partial charge on any atom is 0.410 e. The van der Waals surface area contributed by atoms with E-state index in [1.165, 1.54) is 5.56 Å². The number of hydrogen-bond acceptors (Lipinski definition) is 12. The Balaban J connectivity index is 1.33. The van der Waals surface area contributed by atoms with Crippen molar-refractivity contribution in [3.63, 3.8) is 0 Å². The molecule has 7 unspecified atom stereocenters. The van der Waals surface area contributed by atoms with Gasteiger partial charge in [0.25, 0.3) is 0 Å². The molecule has 3 aromatic carbocycles. The topological polar surface area (TPSA) is 147 Å². The molecule has 1 saturated carbocycles. The van der Waals surface area contributed by atoms with Crippen molar-refractivity contribution in [3.8, 4) is 28.7 Å². The molecule has 65 heavy (non-hydrogen) atoms. The SMILES string of the molecule is C=CCOC12Oc3ccc(Oc4ccc(C)c(C)c4)cc3C3C(CCCCO)C(CCCCO)C=C(C(=NOC4CCCCO4)CC1N(Cc1ccc4c(c1)OCO4)C(=O)OCCCl)C32. The number of halogens is 1. The smallest absolute Gasteiger partial charge is 0.410 e. The summed E-state index contributed by atoms with van der Waals surface area (Å²) in [7, 11) is 0. The molecule has 7 atom stereocenters. The van der Waals surface area contributed by atoms with Gasteiger partial charge in [0, 0.05) is 44.1 Å². The standard InChI is InChI=1S/C51H63ClN2O11/c1-4-23-62-51-46(54(50(57)59-25-20-52)31-35-15-18-44-45(27-35)61-32-60-44)30-42(53-65-47-13-7-10-24-58-47)40-28-36(11-5-8-21-55)39(12-6-9-22-56)48(49(40)51)41-29-38(17-19-43(41)64-51)63-37-16-14-33(2)34(3)26-37/h4,14-19,26-29,36,39,46-49,55-56H,1,5-13,20-25,30-32H2,2-3H3. The number of ether oxygens (including phenoxy) is 7. The number of amides is 1. The summed E-state index contributed by atoms with van der Waals surface area (Å²) in [4.78, 5) is 22.7. The van der Waals surface area contributed by atoms with Crippen molar-refractivity contribution in [2.24, 2.45) is 22.9 Å². The largest absolute Gasteiger partial charge is 0.459 e. The van der Waals surface area contributed by atoms with Gasteiger partial charge in [0.1, 0.15) is 29.9 Å². The molecule has 1 amide bonds. The fourth-order valence-corrected chi connectivity index (χ4v) is 10.4. The number of fused-ring (bicyclic) bond motifs is 3. The van der Waals surface area contributed by atoms with E-state index >= 15 is 0 Å². The number of nitrogens with zero attached hydrogens (tertiary/aromatic N) is 2. The van der Waals surface area contributed by atoms with Crippen molar-refractivity contribution in [1.29, 1.82) is 0 Å². The first-order valence-electron chi connectivity index (χ1n) is 23.3. The van der Waals surface area contributed by atoms with Gasteiger partial charge in [-0.3, -0.25) is 4.90 Å². The van der Waals surface area contributed by atoms with Crippen LogP contribution in [0.25, 0.3) is 0 Å². The molecule has 0 radical (unpaired) electrons. The van der Waals surface area contributed by atoms with Crippen LogP contribution in [0.3, 0.4) is 0 Å². The van der Waals surface area contributed by atoms with Crippen LogP contribution in [-0.2, 0) is 25.6 Å². The number of rotatable bonds is 20. The van der Waals surface area contributed by atoms with E-state index in [-0.39, 0.29) is 69.8 Å². The van der Waals surface area contributed by atoms with Gasteiger partial charge in [0.05, 0.1) is 30.7 Å². The van der Waals surface area contributed by atoms with Crippen molar-refractivity contribution in [1.82, 2.24) is 4.90 Å². The first-order valence-corrected chi connectivity index (χ1v) is 23.8. The maximum atomic E-state index is 14.7. The van der Waals surface area contributed by atoms with Crippen LogP contribution in [0.4, 0.5) is 4.79 Å². The number of allylic oxidation sites excluding steroid dienone is 1. The predicted molar refractivity (Wildman–Crippen MR) is 246 cm³/mol. The van der Waals surface area contributed by atoms with Gasteiger partial charge in [-0.1, -0.05) is 42.3 Å². The van der Waals surface area contributed by atoms with Crippen LogP contribution in [0.2, 0.25) is 0 Å². The molecular weight excluding hydrogens is 852 g/mol. The molecule has 1 saturated heterocycles. The summed E-state index contributed by atoms with van der Waals surface area (Å²) >= 11 is 6.15. The van der Waals surface area contributed by atoms with Crippen LogP contribution >= 0.6 is 11.6 Å². The van der Waals surface area contributed by atoms with Crippen LogP contribution in [-0.4, -0.2) is 90.7 Å². The van der Waals surface area contributed by atoms with Gasteiger partial charge < -0.3 is 48.2 Å². The third-order valence-electron chi connectivity index (χ3n) is 13.5. The van der Waals surface area contributed by atoms with Gasteiger partial charge >= 0.3 is 6.09 Å². The molecule has 14 heteroatoms. The summed E-state index contributed by atoms with van der Waals surface area (Å²) in [6, 6.07) is 16.8. The number of aryl methyl sites for hydroxylation is 2. The van der Waals surface area contributed by atoms with E-state index in [0.29, 0.717) is 54.6 Å². The Morgan fingerprint density at radius 3 is 2.51 bits per heavy atom. The first kappa shape index (κ1) is 46.7. The molecule has 13 nitrogen and oxygen atoms in total. The van der Waals surface area contributed by atoms with Crippen molar-refractivity contribution < 1.29 is 53.0 Å². The Morgan fingerprint density at radius 1 is 0.954 bits per heavy atom. The van der Waals surface area contributed by atoms with Crippen LogP contribution in [0.5, 0.6) is 28.7 Å². The Kier molecular flexibility index (Phi) is 15.6. The molecule has 2 fully saturated rings. The van der Waals surface area contributed by atoms with Crippen molar-refractivity contribution in [2.45, 2.75) is 109 Å². The molecule has 350 valence electrons. The van der Waals surface area contributed by atoms with E-state index in [1.54, 1.807) is 11.0 Å². The number of hydrogen-bond donors (Lipinski definition) is 2. The van der Waals surface area contributed by atoms with Gasteiger partial charge in [-0.15, -0.1) is 18.2 Å². The summed E-state index contributed by atoms with van der Waals surface area (Å²) < 4.78 is 44.5. The van der Waals surface area contributed by atoms with Crippen LogP contribution in [0.15, 0.2) is 84.1 Å². The van der Waals surface area contributed by atoms with Crippen molar-refractivity contribution >= 4 is 23.4 Å². The van der Waals surface area contributed by atoms with Gasteiger partial charge in [-0.25, -0.2) is 4.79 Å². The van der Waals surface area contributed by atoms with E-state index in [9.17, 15) is 15.0 Å². The fourth-order valence-electron chi connectivity index (χ4n) is 10.3. The maximum absolute atomic E-state index is 14.7. The Labute approximate surface area is 387 Å². The number of carbonyl (C=O) groups is 1. The lowest BCUT2D eigenvalue weighted by Gasteiger charge is -2.59. The Hall–Kier alpha value is -4.79. The first-order chi connectivity index (χ1) is 31.8. The number of oxime groups is 1. The molecule has 2 N–H and O–H groups in total. The minimum absolute atomic E-state index is 0.0129. The molecule has 2 aliphatic carbocycles. The molecular formula is C51H63ClN2O11. The lowest BCUT2D eigenvalue weighted by atomic mass is 9.55. The summed E-state index contributed by atoms with van der Waals surface area (Å²) in [5, 5.41) is 25.0. The highest BCUT2D eigenvalue weighted by Crippen LogP contribution is 2.62. The lowest BCUT2D eigenvalue weighted by molar-refractivity contribution is -0.256. The van der Waals surface area contributed by atoms with Gasteiger partial charge in [0.15, 0.2) is 11.5 Å². The minimum Gasteiger partial charge on any atom is -0.459 e. The van der Waals surface area contributed by atoms with Crippen LogP contribution < -0.4 is 18.9 Å². The summed E-state index contributed by atoms with van der Waals surface area (Å²) in [6.45, 7) is 9.27. The number of aliphatic hydroxyl groups is 2. The van der Waals surface area contributed by atoms with Crippen molar-refractivity contribution in [2.75, 3.05) is 45.7 Å². The van der Waals surface area contributed by atoms with Gasteiger partial charge in [-0.05, 0) is 129 Å². The zero-order valence-corrected chi connectivity index (χ0v) is 38.3. The highest BCUT2D eigenvalue weighted by Gasteiger charge is 2.66. The number of aliphatic hydroxyl groups excluding tert-OH is 2. The second-order valence-electron chi connectivity index (χ2n) is 17.6. The summed E-state index contributed by atoms with van der Waals surface area (Å²) in [6.07, 6.45) is 10.2. The van der Waals surface area contributed by atoms with E-state index in [0.717, 1.165) is 66.5 Å². The average Bonchev–Trinajstić information content (AvgIpc) is 3.80. The number of benzene rings is 3. The number of alkyl halides is 1. The zero-order valence-electron chi connectivity index (χ0n) is 37.6. The third-order valence-corrected chi connectivity index (χ3v) is 13.6. The Bertz CT molecular complexity index is 2190. The molecule has 3 heterocycles. The molecule has 0 bridgehead atoms. The second-order valence-corrected chi connectivity index (χ2v) is 18.0. The van der Waals surface area contributed by atoms with Crippen LogP contribution in [0.1, 0.15) is 92.4 Å². The molecule has 0 spiro atoms. The van der Waals surface area contributed by atoms with Crippen LogP contribution in [0, 0.1) is 31.6 Å². The number of carbonyl (C=O) groups excluding carboxylic acids is 1. The summed E-state index contributed by atoms with van der Waals surface area (Å²) in [5.74, 6) is 1.09. The average molecular weight is 916 g/mol.